The molecule has 5 aliphatic carbocycles. The lowest BCUT2D eigenvalue weighted by molar-refractivity contribution is -0.248. The zero-order valence-corrected chi connectivity index (χ0v) is 26.9. The fourth-order valence-electron chi connectivity index (χ4n) is 13.0. The minimum atomic E-state index is -0.353. The third-order valence-electron chi connectivity index (χ3n) is 15.0. The molecular weight excluding hydrogens is 514 g/mol. The molecule has 232 valence electrons. The first-order chi connectivity index (χ1) is 19.3. The normalized spacial score (nSPS) is 53.5. The Morgan fingerprint density at radius 1 is 0.976 bits per heavy atom. The van der Waals surface area contributed by atoms with Crippen molar-refractivity contribution in [2.75, 3.05) is 26.3 Å². The second-order valence-corrected chi connectivity index (χ2v) is 17.2. The van der Waals surface area contributed by atoms with E-state index in [1.165, 1.54) is 38.5 Å². The van der Waals surface area contributed by atoms with Crippen molar-refractivity contribution in [2.24, 2.45) is 56.7 Å². The maximum atomic E-state index is 12.8. The summed E-state index contributed by atoms with van der Waals surface area (Å²) in [4.78, 5) is 14.7. The van der Waals surface area contributed by atoms with Crippen molar-refractivity contribution in [3.05, 3.63) is 0 Å². The van der Waals surface area contributed by atoms with Crippen LogP contribution in [0.3, 0.4) is 0 Å². The van der Waals surface area contributed by atoms with Gasteiger partial charge in [0, 0.05) is 25.0 Å². The van der Waals surface area contributed by atoms with Gasteiger partial charge in [-0.1, -0.05) is 48.5 Å². The van der Waals surface area contributed by atoms with E-state index in [1.54, 1.807) is 0 Å². The quantitative estimate of drug-likeness (QED) is 0.445. The molecule has 12 atom stereocenters. The van der Waals surface area contributed by atoms with E-state index in [0.29, 0.717) is 66.5 Å². The number of ether oxygens (including phenoxy) is 3. The molecule has 1 N–H and O–H groups in total. The smallest absolute Gasteiger partial charge is 0.223 e. The minimum Gasteiger partial charge on any atom is -0.390 e. The first kappa shape index (κ1) is 29.0. The summed E-state index contributed by atoms with van der Waals surface area (Å²) in [7, 11) is 0. The number of aliphatic hydroxyl groups excluding tert-OH is 1. The van der Waals surface area contributed by atoms with Crippen LogP contribution in [-0.4, -0.2) is 66.8 Å². The molecule has 2 heterocycles. The van der Waals surface area contributed by atoms with Crippen LogP contribution in [0, 0.1) is 56.7 Å². The Bertz CT molecular complexity index is 1060. The van der Waals surface area contributed by atoms with Gasteiger partial charge in [-0.2, -0.15) is 0 Å². The predicted octanol–water partition coefficient (Wildman–Crippen LogP) is 6.05. The van der Waals surface area contributed by atoms with E-state index in [-0.39, 0.29) is 46.8 Å². The third kappa shape index (κ3) is 3.72. The Morgan fingerprint density at radius 2 is 1.71 bits per heavy atom. The van der Waals surface area contributed by atoms with Gasteiger partial charge in [0.15, 0.2) is 6.29 Å². The topological polar surface area (TPSA) is 68.2 Å². The Labute approximate surface area is 248 Å². The number of aliphatic hydroxyl groups is 1. The van der Waals surface area contributed by atoms with Crippen LogP contribution in [0.15, 0.2) is 0 Å². The molecule has 2 spiro atoms. The highest BCUT2D eigenvalue weighted by Gasteiger charge is 2.84. The average molecular weight is 572 g/mol. The van der Waals surface area contributed by atoms with Gasteiger partial charge >= 0.3 is 0 Å². The lowest BCUT2D eigenvalue weighted by atomic mass is 9.41. The molecule has 6 nitrogen and oxygen atoms in total. The highest BCUT2D eigenvalue weighted by atomic mass is 16.7. The molecule has 2 saturated heterocycles. The molecule has 0 bridgehead atoms. The van der Waals surface area contributed by atoms with Crippen LogP contribution in [0.1, 0.15) is 106 Å². The van der Waals surface area contributed by atoms with E-state index in [2.05, 4.69) is 48.5 Å². The highest BCUT2D eigenvalue weighted by molar-refractivity contribution is 5.76. The van der Waals surface area contributed by atoms with Crippen molar-refractivity contribution in [2.45, 2.75) is 131 Å². The maximum Gasteiger partial charge on any atom is 0.223 e. The standard InChI is InChI=1S/C35H57NO5/c1-21(2)18-26(37)36-15-17-39-27(19-36)41-25-10-12-34-20-35(34)14-13-32(6)28-22(3)11-16-40-29(28)30(38)33(32,7)24(35)9-8-23(34)31(25,4)5/h21-25,27-30,38H,8-20H2,1-7H3/t22-,23+,24?,25+,27+,28+,29?,30+,32-,33-,34-,35?/m1/s1. The van der Waals surface area contributed by atoms with Gasteiger partial charge < -0.3 is 24.2 Å². The Hall–Kier alpha value is -0.690. The molecule has 0 aromatic rings. The molecule has 6 heteroatoms. The number of nitrogens with zero attached hydrogens (tertiary/aromatic N) is 1. The van der Waals surface area contributed by atoms with Crippen LogP contribution < -0.4 is 0 Å². The van der Waals surface area contributed by atoms with Gasteiger partial charge in [-0.25, -0.2) is 0 Å². The van der Waals surface area contributed by atoms with Gasteiger partial charge in [-0.3, -0.25) is 4.79 Å². The fourth-order valence-corrected chi connectivity index (χ4v) is 13.0. The van der Waals surface area contributed by atoms with Crippen molar-refractivity contribution >= 4 is 5.91 Å². The molecule has 2 aliphatic heterocycles. The van der Waals surface area contributed by atoms with E-state index < -0.39 is 0 Å². The van der Waals surface area contributed by atoms with Crippen molar-refractivity contribution < 1.29 is 24.1 Å². The van der Waals surface area contributed by atoms with E-state index in [4.69, 9.17) is 14.2 Å². The van der Waals surface area contributed by atoms with Crippen LogP contribution in [-0.2, 0) is 19.0 Å². The first-order valence-corrected chi connectivity index (χ1v) is 17.2. The Balaban J connectivity index is 1.10. The SMILES string of the molecule is CC(C)CC(=O)N1CCO[C@@H](O[C@H]2CC[C@]34CC35CC[C@]3(C)[C@@H]6C(OCC[C@H]6C)[C@H](O)[C@@]3(C)C5CC[C@H]4C2(C)C)C1. The molecule has 0 aromatic carbocycles. The van der Waals surface area contributed by atoms with Crippen LogP contribution in [0.5, 0.6) is 0 Å². The number of rotatable bonds is 4. The molecular formula is C35H57NO5. The van der Waals surface area contributed by atoms with Crippen LogP contribution >= 0.6 is 0 Å². The molecule has 3 unspecified atom stereocenters. The molecule has 0 aromatic heterocycles. The number of fused-ring (bicyclic) bond motifs is 4. The number of amides is 1. The zero-order chi connectivity index (χ0) is 29.2. The second-order valence-electron chi connectivity index (χ2n) is 17.2. The zero-order valence-electron chi connectivity index (χ0n) is 26.9. The Kier molecular flexibility index (Phi) is 6.66. The minimum absolute atomic E-state index is 0.0133. The van der Waals surface area contributed by atoms with Crippen LogP contribution in [0.4, 0.5) is 0 Å². The number of hydrogen-bond donors (Lipinski definition) is 1. The monoisotopic (exact) mass is 571 g/mol. The van der Waals surface area contributed by atoms with E-state index >= 15 is 0 Å². The summed E-state index contributed by atoms with van der Waals surface area (Å²) in [6.45, 7) is 19.2. The number of carbonyl (C=O) groups excluding carboxylic acids is 1. The lowest BCUT2D eigenvalue weighted by Gasteiger charge is -2.63. The van der Waals surface area contributed by atoms with Crippen molar-refractivity contribution in [3.63, 3.8) is 0 Å². The summed E-state index contributed by atoms with van der Waals surface area (Å²) >= 11 is 0. The van der Waals surface area contributed by atoms with Gasteiger partial charge in [0.25, 0.3) is 0 Å². The number of morpholine rings is 1. The second kappa shape index (κ2) is 9.41. The van der Waals surface area contributed by atoms with Gasteiger partial charge in [0.2, 0.25) is 5.91 Å². The van der Waals surface area contributed by atoms with E-state index in [1.807, 2.05) is 4.90 Å². The number of hydrogen-bond acceptors (Lipinski definition) is 5. The summed E-state index contributed by atoms with van der Waals surface area (Å²) in [6.07, 6.45) is 9.85. The molecule has 0 radical (unpaired) electrons. The van der Waals surface area contributed by atoms with Crippen molar-refractivity contribution in [1.82, 2.24) is 4.90 Å². The first-order valence-electron chi connectivity index (χ1n) is 17.2. The molecule has 41 heavy (non-hydrogen) atoms. The van der Waals surface area contributed by atoms with Gasteiger partial charge in [-0.05, 0) is 103 Å². The molecule has 5 saturated carbocycles. The molecule has 7 fully saturated rings. The average Bonchev–Trinajstić information content (AvgIpc) is 3.55. The summed E-state index contributed by atoms with van der Waals surface area (Å²) in [5, 5.41) is 12.1. The summed E-state index contributed by atoms with van der Waals surface area (Å²) in [5.74, 6) is 2.91. The van der Waals surface area contributed by atoms with Crippen molar-refractivity contribution in [1.29, 1.82) is 0 Å². The van der Waals surface area contributed by atoms with Crippen molar-refractivity contribution in [3.8, 4) is 0 Å². The van der Waals surface area contributed by atoms with Gasteiger partial charge in [-0.15, -0.1) is 0 Å². The maximum absolute atomic E-state index is 12.8. The third-order valence-corrected chi connectivity index (χ3v) is 15.0. The van der Waals surface area contributed by atoms with E-state index in [9.17, 15) is 9.90 Å². The summed E-state index contributed by atoms with van der Waals surface area (Å²) in [5.41, 5.74) is 0.882. The van der Waals surface area contributed by atoms with Gasteiger partial charge in [0.1, 0.15) is 0 Å². The summed E-state index contributed by atoms with van der Waals surface area (Å²) < 4.78 is 19.3. The predicted molar refractivity (Wildman–Crippen MR) is 158 cm³/mol. The summed E-state index contributed by atoms with van der Waals surface area (Å²) in [6, 6.07) is 0. The fraction of sp³-hybridized carbons (Fsp3) is 0.971. The van der Waals surface area contributed by atoms with Crippen LogP contribution in [0.25, 0.3) is 0 Å². The number of carbonyl (C=O) groups is 1. The molecule has 1 amide bonds. The molecule has 7 rings (SSSR count). The van der Waals surface area contributed by atoms with Crippen LogP contribution in [0.2, 0.25) is 0 Å². The Morgan fingerprint density at radius 3 is 2.46 bits per heavy atom. The highest BCUT2D eigenvalue weighted by Crippen LogP contribution is 2.89. The molecule has 7 aliphatic rings. The lowest BCUT2D eigenvalue weighted by Crippen LogP contribution is -2.60. The largest absolute Gasteiger partial charge is 0.390 e. The van der Waals surface area contributed by atoms with Gasteiger partial charge in [0.05, 0.1) is 31.5 Å². The van der Waals surface area contributed by atoms with E-state index in [0.717, 1.165) is 19.4 Å².